The van der Waals surface area contributed by atoms with Crippen molar-refractivity contribution in [1.82, 2.24) is 4.98 Å². The van der Waals surface area contributed by atoms with Crippen LogP contribution in [0.2, 0.25) is 0 Å². The van der Waals surface area contributed by atoms with Crippen molar-refractivity contribution in [3.05, 3.63) is 41.5 Å². The maximum absolute atomic E-state index is 13.5. The number of nitrogens with zero attached hydrogens (tertiary/aromatic N) is 1. The van der Waals surface area contributed by atoms with Gasteiger partial charge in [0.05, 0.1) is 17.8 Å². The van der Waals surface area contributed by atoms with Gasteiger partial charge in [0.15, 0.2) is 0 Å². The Balaban J connectivity index is 2.49. The van der Waals surface area contributed by atoms with Crippen molar-refractivity contribution in [1.29, 1.82) is 0 Å². The van der Waals surface area contributed by atoms with E-state index < -0.39 is 0 Å². The minimum atomic E-state index is -0.338. The van der Waals surface area contributed by atoms with Gasteiger partial charge in [0.1, 0.15) is 11.6 Å². The lowest BCUT2D eigenvalue weighted by molar-refractivity contribution is 0.512. The van der Waals surface area contributed by atoms with Crippen LogP contribution in [0.25, 0.3) is 11.5 Å². The molecule has 0 spiro atoms. The van der Waals surface area contributed by atoms with E-state index in [1.165, 1.54) is 6.07 Å². The van der Waals surface area contributed by atoms with Crippen LogP contribution in [-0.2, 0) is 13.0 Å². The van der Waals surface area contributed by atoms with Crippen molar-refractivity contribution < 1.29 is 8.81 Å². The lowest BCUT2D eigenvalue weighted by atomic mass is 10.2. The average molecular weight is 220 g/mol. The molecule has 2 aromatic rings. The first-order valence-electron chi connectivity index (χ1n) is 5.19. The lowest BCUT2D eigenvalue weighted by Crippen LogP contribution is -1.97. The fourth-order valence-electron chi connectivity index (χ4n) is 1.57. The third-order valence-corrected chi connectivity index (χ3v) is 2.40. The summed E-state index contributed by atoms with van der Waals surface area (Å²) >= 11 is 0. The summed E-state index contributed by atoms with van der Waals surface area (Å²) in [6.07, 6.45) is 0.727. The third-order valence-electron chi connectivity index (χ3n) is 2.40. The Hall–Kier alpha value is -1.68. The molecule has 0 saturated heterocycles. The van der Waals surface area contributed by atoms with Crippen LogP contribution in [0.1, 0.15) is 18.4 Å². The Labute approximate surface area is 93.1 Å². The number of oxazole rings is 1. The van der Waals surface area contributed by atoms with Crippen molar-refractivity contribution >= 4 is 0 Å². The second-order valence-corrected chi connectivity index (χ2v) is 3.43. The van der Waals surface area contributed by atoms with Gasteiger partial charge < -0.3 is 10.2 Å². The smallest absolute Gasteiger partial charge is 0.229 e. The first-order valence-corrected chi connectivity index (χ1v) is 5.19. The van der Waals surface area contributed by atoms with E-state index in [9.17, 15) is 4.39 Å². The van der Waals surface area contributed by atoms with Gasteiger partial charge in [-0.3, -0.25) is 0 Å². The second-order valence-electron chi connectivity index (χ2n) is 3.43. The summed E-state index contributed by atoms with van der Waals surface area (Å²) in [7, 11) is 0. The lowest BCUT2D eigenvalue weighted by Gasteiger charge is -1.96. The van der Waals surface area contributed by atoms with Gasteiger partial charge in [0, 0.05) is 0 Å². The summed E-state index contributed by atoms with van der Waals surface area (Å²) in [4.78, 5) is 4.24. The van der Waals surface area contributed by atoms with Gasteiger partial charge >= 0.3 is 0 Å². The normalized spacial score (nSPS) is 10.7. The SMILES string of the molecule is CCc1nc(-c2ccccc2F)oc1CN. The van der Waals surface area contributed by atoms with Gasteiger partial charge in [-0.25, -0.2) is 9.37 Å². The van der Waals surface area contributed by atoms with E-state index in [4.69, 9.17) is 10.2 Å². The molecule has 0 aliphatic rings. The highest BCUT2D eigenvalue weighted by molar-refractivity contribution is 5.54. The van der Waals surface area contributed by atoms with E-state index in [0.717, 1.165) is 12.1 Å². The van der Waals surface area contributed by atoms with Gasteiger partial charge in [-0.15, -0.1) is 0 Å². The Morgan fingerprint density at radius 3 is 2.69 bits per heavy atom. The number of aromatic nitrogens is 1. The van der Waals surface area contributed by atoms with E-state index in [1.54, 1.807) is 18.2 Å². The maximum atomic E-state index is 13.5. The summed E-state index contributed by atoms with van der Waals surface area (Å²) in [6.45, 7) is 2.24. The van der Waals surface area contributed by atoms with E-state index >= 15 is 0 Å². The van der Waals surface area contributed by atoms with Gasteiger partial charge in [-0.05, 0) is 18.6 Å². The van der Waals surface area contributed by atoms with Crippen molar-refractivity contribution in [3.8, 4) is 11.5 Å². The number of nitrogens with two attached hydrogens (primary N) is 1. The predicted molar refractivity (Wildman–Crippen MR) is 59.2 cm³/mol. The second kappa shape index (κ2) is 4.45. The molecule has 0 aliphatic heterocycles. The van der Waals surface area contributed by atoms with Gasteiger partial charge in [-0.2, -0.15) is 0 Å². The minimum Gasteiger partial charge on any atom is -0.439 e. The molecule has 2 N–H and O–H groups in total. The van der Waals surface area contributed by atoms with Crippen LogP contribution in [0.5, 0.6) is 0 Å². The van der Waals surface area contributed by atoms with Gasteiger partial charge in [-0.1, -0.05) is 19.1 Å². The predicted octanol–water partition coefficient (Wildman–Crippen LogP) is 2.50. The summed E-state index contributed by atoms with van der Waals surface area (Å²) in [6, 6.07) is 6.40. The first kappa shape index (κ1) is 10.8. The van der Waals surface area contributed by atoms with E-state index in [0.29, 0.717) is 17.2 Å². The highest BCUT2D eigenvalue weighted by Crippen LogP contribution is 2.24. The number of hydrogen-bond acceptors (Lipinski definition) is 3. The molecule has 0 fully saturated rings. The molecule has 0 radical (unpaired) electrons. The molecular weight excluding hydrogens is 207 g/mol. The van der Waals surface area contributed by atoms with Crippen molar-refractivity contribution in [3.63, 3.8) is 0 Å². The highest BCUT2D eigenvalue weighted by atomic mass is 19.1. The molecule has 2 rings (SSSR count). The largest absolute Gasteiger partial charge is 0.439 e. The van der Waals surface area contributed by atoms with E-state index in [2.05, 4.69) is 4.98 Å². The summed E-state index contributed by atoms with van der Waals surface area (Å²) in [5.41, 5.74) is 6.69. The number of hydrogen-bond donors (Lipinski definition) is 1. The zero-order valence-corrected chi connectivity index (χ0v) is 9.03. The topological polar surface area (TPSA) is 52.0 Å². The molecule has 16 heavy (non-hydrogen) atoms. The van der Waals surface area contributed by atoms with Crippen LogP contribution in [0.15, 0.2) is 28.7 Å². The van der Waals surface area contributed by atoms with Crippen molar-refractivity contribution in [2.45, 2.75) is 19.9 Å². The third kappa shape index (κ3) is 1.84. The molecule has 0 saturated carbocycles. The van der Waals surface area contributed by atoms with Crippen LogP contribution in [0.3, 0.4) is 0 Å². The standard InChI is InChI=1S/C12H13FN2O/c1-2-10-11(7-14)16-12(15-10)8-5-3-4-6-9(8)13/h3-6H,2,7,14H2,1H3. The summed E-state index contributed by atoms with van der Waals surface area (Å²) < 4.78 is 18.9. The highest BCUT2D eigenvalue weighted by Gasteiger charge is 2.14. The molecule has 4 heteroatoms. The molecule has 84 valence electrons. The van der Waals surface area contributed by atoms with Gasteiger partial charge in [0.2, 0.25) is 5.89 Å². The minimum absolute atomic E-state index is 0.282. The van der Waals surface area contributed by atoms with Crippen LogP contribution in [0.4, 0.5) is 4.39 Å². The van der Waals surface area contributed by atoms with Crippen molar-refractivity contribution in [2.24, 2.45) is 5.73 Å². The molecule has 1 aromatic heterocycles. The Bertz CT molecular complexity index is 472. The Morgan fingerprint density at radius 1 is 1.38 bits per heavy atom. The summed E-state index contributed by atoms with van der Waals surface area (Å²) in [5, 5.41) is 0. The average Bonchev–Trinajstić information content (AvgIpc) is 2.72. The summed E-state index contributed by atoms with van der Waals surface area (Å²) in [5.74, 6) is 0.589. The number of rotatable bonds is 3. The molecule has 0 bridgehead atoms. The molecule has 1 heterocycles. The monoisotopic (exact) mass is 220 g/mol. The fraction of sp³-hybridized carbons (Fsp3) is 0.250. The molecule has 1 aromatic carbocycles. The van der Waals surface area contributed by atoms with Crippen LogP contribution >= 0.6 is 0 Å². The molecule has 0 atom stereocenters. The zero-order chi connectivity index (χ0) is 11.5. The zero-order valence-electron chi connectivity index (χ0n) is 9.03. The number of benzene rings is 1. The Kier molecular flexibility index (Phi) is 3.01. The molecule has 0 unspecified atom stereocenters. The maximum Gasteiger partial charge on any atom is 0.229 e. The van der Waals surface area contributed by atoms with Crippen LogP contribution < -0.4 is 5.73 Å². The molecular formula is C12H13FN2O. The van der Waals surface area contributed by atoms with Crippen molar-refractivity contribution in [2.75, 3.05) is 0 Å². The number of aryl methyl sites for hydroxylation is 1. The first-order chi connectivity index (χ1) is 7.76. The van der Waals surface area contributed by atoms with E-state index in [1.807, 2.05) is 6.92 Å². The number of halogens is 1. The quantitative estimate of drug-likeness (QED) is 0.864. The molecule has 0 amide bonds. The molecule has 0 aliphatic carbocycles. The fourth-order valence-corrected chi connectivity index (χ4v) is 1.57. The van der Waals surface area contributed by atoms with Crippen LogP contribution in [-0.4, -0.2) is 4.98 Å². The van der Waals surface area contributed by atoms with Gasteiger partial charge in [0.25, 0.3) is 0 Å². The Morgan fingerprint density at radius 2 is 2.12 bits per heavy atom. The molecule has 3 nitrogen and oxygen atoms in total. The van der Waals surface area contributed by atoms with Crippen LogP contribution in [0, 0.1) is 5.82 Å². The van der Waals surface area contributed by atoms with E-state index in [-0.39, 0.29) is 12.4 Å².